The van der Waals surface area contributed by atoms with Gasteiger partial charge in [-0.15, -0.1) is 0 Å². The fraction of sp³-hybridized carbons (Fsp3) is 0.0870. The van der Waals surface area contributed by atoms with Crippen LogP contribution in [0.3, 0.4) is 0 Å². The van der Waals surface area contributed by atoms with Crippen molar-refractivity contribution in [1.82, 2.24) is 0 Å². The second kappa shape index (κ2) is 9.35. The fourth-order valence-corrected chi connectivity index (χ4v) is 3.55. The van der Waals surface area contributed by atoms with Crippen LogP contribution in [0.5, 0.6) is 0 Å². The van der Waals surface area contributed by atoms with Gasteiger partial charge in [0.25, 0.3) is 0 Å². The van der Waals surface area contributed by atoms with Crippen molar-refractivity contribution < 1.29 is 22.7 Å². The summed E-state index contributed by atoms with van der Waals surface area (Å²) in [6.45, 7) is 0. The summed E-state index contributed by atoms with van der Waals surface area (Å²) in [6.07, 6.45) is -4.50. The molecule has 0 aromatic heterocycles. The SMILES string of the molecule is COC(=O)c1ccc(/C(N)=c2\cccc\c2=C(\N)Nc2cc(Br)cc(C(F)(F)F)c2)cc1. The molecule has 0 heterocycles. The van der Waals surface area contributed by atoms with E-state index >= 15 is 0 Å². The van der Waals surface area contributed by atoms with E-state index in [2.05, 4.69) is 26.0 Å². The number of hydrogen-bond acceptors (Lipinski definition) is 5. The number of carbonyl (C=O) groups excluding carboxylic acids is 1. The van der Waals surface area contributed by atoms with Gasteiger partial charge in [-0.2, -0.15) is 13.2 Å². The molecule has 0 bridgehead atoms. The summed E-state index contributed by atoms with van der Waals surface area (Å²) < 4.78 is 44.3. The predicted molar refractivity (Wildman–Crippen MR) is 121 cm³/mol. The summed E-state index contributed by atoms with van der Waals surface area (Å²) in [4.78, 5) is 11.6. The molecule has 3 aromatic rings. The van der Waals surface area contributed by atoms with Gasteiger partial charge in [-0.1, -0.05) is 52.3 Å². The largest absolute Gasteiger partial charge is 0.465 e. The first kappa shape index (κ1) is 23.2. The molecule has 5 N–H and O–H groups in total. The van der Waals surface area contributed by atoms with Gasteiger partial charge in [0.2, 0.25) is 0 Å². The van der Waals surface area contributed by atoms with Crippen LogP contribution in [0.4, 0.5) is 18.9 Å². The van der Waals surface area contributed by atoms with Gasteiger partial charge in [0.15, 0.2) is 0 Å². The third-order valence-corrected chi connectivity index (χ3v) is 5.09. The molecule has 32 heavy (non-hydrogen) atoms. The monoisotopic (exact) mass is 505 g/mol. The van der Waals surface area contributed by atoms with Gasteiger partial charge in [0, 0.05) is 26.3 Å². The Balaban J connectivity index is 2.09. The topological polar surface area (TPSA) is 90.4 Å². The Kier molecular flexibility index (Phi) is 6.78. The molecule has 0 saturated heterocycles. The van der Waals surface area contributed by atoms with Crippen molar-refractivity contribution in [3.8, 4) is 0 Å². The van der Waals surface area contributed by atoms with Crippen LogP contribution in [0.2, 0.25) is 0 Å². The minimum atomic E-state index is -4.50. The first-order chi connectivity index (χ1) is 15.1. The molecule has 0 amide bonds. The summed E-state index contributed by atoms with van der Waals surface area (Å²) in [5.41, 5.74) is 13.3. The molecule has 0 aliphatic heterocycles. The zero-order valence-corrected chi connectivity index (χ0v) is 18.4. The van der Waals surface area contributed by atoms with Crippen molar-refractivity contribution in [2.45, 2.75) is 6.18 Å². The van der Waals surface area contributed by atoms with Crippen LogP contribution in [0.1, 0.15) is 21.5 Å². The van der Waals surface area contributed by atoms with Gasteiger partial charge in [0.1, 0.15) is 5.82 Å². The van der Waals surface area contributed by atoms with Crippen molar-refractivity contribution in [1.29, 1.82) is 0 Å². The Morgan fingerprint density at radius 1 is 0.938 bits per heavy atom. The number of nitrogens with two attached hydrogens (primary N) is 2. The molecule has 3 aromatic carbocycles. The van der Waals surface area contributed by atoms with Crippen LogP contribution >= 0.6 is 15.9 Å². The standard InChI is InChI=1S/C23H19BrF3N3O2/c1-32-22(31)14-8-6-13(7-9-14)20(28)18-4-2-3-5-19(18)21(29)30-17-11-15(23(25,26)27)10-16(24)12-17/h2-12,30H,28-29H2,1H3/b20-18-,21-19+. The highest BCUT2D eigenvalue weighted by molar-refractivity contribution is 9.10. The smallest absolute Gasteiger partial charge is 0.416 e. The lowest BCUT2D eigenvalue weighted by Crippen LogP contribution is -2.35. The zero-order valence-electron chi connectivity index (χ0n) is 16.8. The van der Waals surface area contributed by atoms with E-state index in [1.165, 1.54) is 13.2 Å². The van der Waals surface area contributed by atoms with Crippen molar-refractivity contribution in [2.75, 3.05) is 12.4 Å². The molecular weight excluding hydrogens is 487 g/mol. The van der Waals surface area contributed by atoms with Crippen LogP contribution in [-0.4, -0.2) is 13.1 Å². The molecule has 166 valence electrons. The number of alkyl halides is 3. The number of halogens is 4. The number of rotatable bonds is 4. The quantitative estimate of drug-likeness (QED) is 0.472. The number of hydrogen-bond donors (Lipinski definition) is 3. The van der Waals surface area contributed by atoms with E-state index < -0.39 is 17.7 Å². The highest BCUT2D eigenvalue weighted by Crippen LogP contribution is 2.33. The van der Waals surface area contributed by atoms with E-state index in [4.69, 9.17) is 11.5 Å². The molecule has 0 spiro atoms. The zero-order chi connectivity index (χ0) is 23.5. The average molecular weight is 506 g/mol. The van der Waals surface area contributed by atoms with Gasteiger partial charge in [0.05, 0.1) is 18.2 Å². The number of ether oxygens (including phenoxy) is 1. The molecule has 3 rings (SSSR count). The minimum absolute atomic E-state index is 0.126. The molecule has 9 heteroatoms. The van der Waals surface area contributed by atoms with E-state index in [0.29, 0.717) is 27.3 Å². The average Bonchev–Trinajstić information content (AvgIpc) is 2.77. The number of esters is 1. The Morgan fingerprint density at radius 2 is 1.53 bits per heavy atom. The Morgan fingerprint density at radius 3 is 2.12 bits per heavy atom. The van der Waals surface area contributed by atoms with Crippen molar-refractivity contribution in [3.05, 3.63) is 98.3 Å². The molecule has 0 saturated carbocycles. The van der Waals surface area contributed by atoms with Crippen LogP contribution in [0.15, 0.2) is 71.2 Å². The number of carbonyl (C=O) groups is 1. The van der Waals surface area contributed by atoms with E-state index in [0.717, 1.165) is 12.1 Å². The molecule has 0 atom stereocenters. The maximum Gasteiger partial charge on any atom is 0.416 e. The molecule has 0 unspecified atom stereocenters. The van der Waals surface area contributed by atoms with Crippen molar-refractivity contribution in [3.63, 3.8) is 0 Å². The van der Waals surface area contributed by atoms with Gasteiger partial charge < -0.3 is 21.5 Å². The molecule has 0 aliphatic rings. The lowest BCUT2D eigenvalue weighted by molar-refractivity contribution is -0.137. The predicted octanol–water partition coefficient (Wildman–Crippen LogP) is 3.51. The summed E-state index contributed by atoms with van der Waals surface area (Å²) >= 11 is 3.09. The Labute approximate surface area is 190 Å². The summed E-state index contributed by atoms with van der Waals surface area (Å²) in [5.74, 6) is -0.342. The molecule has 0 fully saturated rings. The third-order valence-electron chi connectivity index (χ3n) is 4.63. The highest BCUT2D eigenvalue weighted by atomic mass is 79.9. The lowest BCUT2D eigenvalue weighted by atomic mass is 10.1. The Bertz CT molecular complexity index is 1270. The van der Waals surface area contributed by atoms with Crippen molar-refractivity contribution in [2.24, 2.45) is 11.5 Å². The molecule has 0 radical (unpaired) electrons. The van der Waals surface area contributed by atoms with Crippen LogP contribution in [0.25, 0.3) is 11.5 Å². The second-order valence-corrected chi connectivity index (χ2v) is 7.71. The van der Waals surface area contributed by atoms with Crippen LogP contribution in [0, 0.1) is 0 Å². The maximum absolute atomic E-state index is 13.1. The van der Waals surface area contributed by atoms with E-state index in [-0.39, 0.29) is 16.0 Å². The second-order valence-electron chi connectivity index (χ2n) is 6.79. The molecular formula is C23H19BrF3N3O2. The number of nitrogens with one attached hydrogen (secondary N) is 1. The van der Waals surface area contributed by atoms with Gasteiger partial charge in [-0.05, 0) is 35.9 Å². The Hall–Kier alpha value is -3.46. The van der Waals surface area contributed by atoms with Crippen LogP contribution < -0.4 is 27.2 Å². The first-order valence-corrected chi connectivity index (χ1v) is 10.1. The van der Waals surface area contributed by atoms with Crippen molar-refractivity contribution >= 4 is 39.1 Å². The first-order valence-electron chi connectivity index (χ1n) is 9.28. The molecule has 5 nitrogen and oxygen atoms in total. The van der Waals surface area contributed by atoms with Gasteiger partial charge >= 0.3 is 12.1 Å². The lowest BCUT2D eigenvalue weighted by Gasteiger charge is -2.12. The van der Waals surface area contributed by atoms with E-state index in [9.17, 15) is 18.0 Å². The summed E-state index contributed by atoms with van der Waals surface area (Å²) in [7, 11) is 1.29. The number of anilines is 1. The maximum atomic E-state index is 13.1. The van der Waals surface area contributed by atoms with E-state index in [1.54, 1.807) is 48.5 Å². The number of methoxy groups -OCH3 is 1. The normalized spacial score (nSPS) is 13.3. The third kappa shape index (κ3) is 5.23. The molecule has 0 aliphatic carbocycles. The fourth-order valence-electron chi connectivity index (χ4n) is 3.06. The van der Waals surface area contributed by atoms with Gasteiger partial charge in [-0.3, -0.25) is 0 Å². The minimum Gasteiger partial charge on any atom is -0.465 e. The van der Waals surface area contributed by atoms with Crippen LogP contribution in [-0.2, 0) is 10.9 Å². The summed E-state index contributed by atoms with van der Waals surface area (Å²) in [5, 5.41) is 3.91. The van der Waals surface area contributed by atoms with Gasteiger partial charge in [-0.25, -0.2) is 4.79 Å². The summed E-state index contributed by atoms with van der Waals surface area (Å²) in [6, 6.07) is 16.9. The highest BCUT2D eigenvalue weighted by Gasteiger charge is 2.31. The number of benzene rings is 3. The van der Waals surface area contributed by atoms with E-state index in [1.807, 2.05) is 0 Å².